The number of hydrogen-bond donors (Lipinski definition) is 1. The standard InChI is InChI=1S/C15H22N2O4S/c1-12-11-13(21-2)6-7-14(12)22(19,20)16-8-10-17-9-4-3-5-15(17)18/h6-7,11,16H,3-5,8-10H2,1-2H3. The maximum Gasteiger partial charge on any atom is 0.240 e. The van der Waals surface area contributed by atoms with Crippen molar-refractivity contribution in [3.8, 4) is 5.75 Å². The van der Waals surface area contributed by atoms with Crippen molar-refractivity contribution in [1.29, 1.82) is 0 Å². The van der Waals surface area contributed by atoms with Crippen molar-refractivity contribution >= 4 is 15.9 Å². The highest BCUT2D eigenvalue weighted by Crippen LogP contribution is 2.20. The van der Waals surface area contributed by atoms with E-state index in [0.29, 0.717) is 30.8 Å². The number of nitrogens with one attached hydrogen (secondary N) is 1. The number of amides is 1. The smallest absolute Gasteiger partial charge is 0.240 e. The van der Waals surface area contributed by atoms with Crippen LogP contribution in [0.4, 0.5) is 0 Å². The van der Waals surface area contributed by atoms with Gasteiger partial charge in [0.05, 0.1) is 12.0 Å². The van der Waals surface area contributed by atoms with Crippen LogP contribution in [0.15, 0.2) is 23.1 Å². The minimum Gasteiger partial charge on any atom is -0.497 e. The molecule has 2 rings (SSSR count). The van der Waals surface area contributed by atoms with Gasteiger partial charge in [-0.3, -0.25) is 4.79 Å². The van der Waals surface area contributed by atoms with Gasteiger partial charge in [-0.25, -0.2) is 13.1 Å². The lowest BCUT2D eigenvalue weighted by Crippen LogP contribution is -2.41. The predicted molar refractivity (Wildman–Crippen MR) is 83.4 cm³/mol. The van der Waals surface area contributed by atoms with E-state index in [1.807, 2.05) is 0 Å². The summed E-state index contributed by atoms with van der Waals surface area (Å²) in [5, 5.41) is 0. The summed E-state index contributed by atoms with van der Waals surface area (Å²) < 4.78 is 32.3. The average Bonchev–Trinajstić information content (AvgIpc) is 2.48. The number of sulfonamides is 1. The van der Waals surface area contributed by atoms with Crippen LogP contribution < -0.4 is 9.46 Å². The van der Waals surface area contributed by atoms with E-state index in [1.165, 1.54) is 13.2 Å². The number of hydrogen-bond acceptors (Lipinski definition) is 4. The lowest BCUT2D eigenvalue weighted by atomic mass is 10.1. The number of carbonyl (C=O) groups is 1. The fourth-order valence-electron chi connectivity index (χ4n) is 2.54. The summed E-state index contributed by atoms with van der Waals surface area (Å²) >= 11 is 0. The number of carbonyl (C=O) groups excluding carboxylic acids is 1. The van der Waals surface area contributed by atoms with Crippen LogP contribution in [0.2, 0.25) is 0 Å². The number of nitrogens with zero attached hydrogens (tertiary/aromatic N) is 1. The molecule has 1 heterocycles. The summed E-state index contributed by atoms with van der Waals surface area (Å²) in [5.74, 6) is 0.724. The maximum absolute atomic E-state index is 12.3. The Balaban J connectivity index is 1.97. The van der Waals surface area contributed by atoms with Crippen molar-refractivity contribution in [2.45, 2.75) is 31.1 Å². The number of methoxy groups -OCH3 is 1. The van der Waals surface area contributed by atoms with Crippen LogP contribution in [0.25, 0.3) is 0 Å². The summed E-state index contributed by atoms with van der Waals surface area (Å²) in [6.45, 7) is 3.07. The number of ether oxygens (including phenoxy) is 1. The first-order valence-corrected chi connectivity index (χ1v) is 8.84. The molecule has 7 heteroatoms. The molecule has 0 aromatic heterocycles. The van der Waals surface area contributed by atoms with E-state index in [4.69, 9.17) is 4.74 Å². The average molecular weight is 326 g/mol. The van der Waals surface area contributed by atoms with E-state index >= 15 is 0 Å². The summed E-state index contributed by atoms with van der Waals surface area (Å²) in [7, 11) is -2.04. The first kappa shape index (κ1) is 16.8. The van der Waals surface area contributed by atoms with Crippen LogP contribution >= 0.6 is 0 Å². The van der Waals surface area contributed by atoms with Crippen molar-refractivity contribution in [3.63, 3.8) is 0 Å². The third-order valence-electron chi connectivity index (χ3n) is 3.77. The van der Waals surface area contributed by atoms with Gasteiger partial charge in [0.1, 0.15) is 5.75 Å². The molecule has 1 saturated heterocycles. The summed E-state index contributed by atoms with van der Waals surface area (Å²) in [6.07, 6.45) is 2.46. The Morgan fingerprint density at radius 1 is 1.32 bits per heavy atom. The highest BCUT2D eigenvalue weighted by atomic mass is 32.2. The van der Waals surface area contributed by atoms with Gasteiger partial charge in [0.25, 0.3) is 0 Å². The quantitative estimate of drug-likeness (QED) is 0.855. The van der Waals surface area contributed by atoms with Gasteiger partial charge in [0.2, 0.25) is 15.9 Å². The van der Waals surface area contributed by atoms with Gasteiger partial charge >= 0.3 is 0 Å². The molecule has 6 nitrogen and oxygen atoms in total. The number of rotatable bonds is 6. The van der Waals surface area contributed by atoms with E-state index in [2.05, 4.69) is 4.72 Å². The zero-order valence-electron chi connectivity index (χ0n) is 13.0. The predicted octanol–water partition coefficient (Wildman–Crippen LogP) is 1.29. The molecule has 0 bridgehead atoms. The zero-order chi connectivity index (χ0) is 16.2. The van der Waals surface area contributed by atoms with Crippen molar-refractivity contribution in [3.05, 3.63) is 23.8 Å². The van der Waals surface area contributed by atoms with Crippen LogP contribution in [0.5, 0.6) is 5.75 Å². The van der Waals surface area contributed by atoms with Gasteiger partial charge in [-0.05, 0) is 43.5 Å². The Labute approximate surface area is 131 Å². The van der Waals surface area contributed by atoms with E-state index in [9.17, 15) is 13.2 Å². The van der Waals surface area contributed by atoms with Gasteiger partial charge < -0.3 is 9.64 Å². The van der Waals surface area contributed by atoms with Crippen molar-refractivity contribution in [1.82, 2.24) is 9.62 Å². The molecule has 0 atom stereocenters. The Morgan fingerprint density at radius 3 is 2.73 bits per heavy atom. The molecule has 0 spiro atoms. The second-order valence-electron chi connectivity index (χ2n) is 5.37. The Bertz CT molecular complexity index is 643. The maximum atomic E-state index is 12.3. The molecular weight excluding hydrogens is 304 g/mol. The molecule has 1 aromatic rings. The molecular formula is C15H22N2O4S. The summed E-state index contributed by atoms with van der Waals surface area (Å²) in [6, 6.07) is 4.83. The topological polar surface area (TPSA) is 75.7 Å². The third-order valence-corrected chi connectivity index (χ3v) is 5.39. The van der Waals surface area contributed by atoms with Crippen LogP contribution in [-0.2, 0) is 14.8 Å². The van der Waals surface area contributed by atoms with Gasteiger partial charge in [0.15, 0.2) is 0 Å². The van der Waals surface area contributed by atoms with E-state index in [0.717, 1.165) is 12.8 Å². The molecule has 122 valence electrons. The zero-order valence-corrected chi connectivity index (χ0v) is 13.8. The van der Waals surface area contributed by atoms with Gasteiger partial charge in [0, 0.05) is 26.1 Å². The molecule has 22 heavy (non-hydrogen) atoms. The number of likely N-dealkylation sites (tertiary alicyclic amines) is 1. The number of piperidine rings is 1. The van der Waals surface area contributed by atoms with Gasteiger partial charge in [-0.15, -0.1) is 0 Å². The van der Waals surface area contributed by atoms with E-state index < -0.39 is 10.0 Å². The Hall–Kier alpha value is -1.60. The van der Waals surface area contributed by atoms with Crippen molar-refractivity contribution < 1.29 is 17.9 Å². The lowest BCUT2D eigenvalue weighted by Gasteiger charge is -2.26. The molecule has 0 aliphatic carbocycles. The molecule has 1 aromatic carbocycles. The molecule has 0 radical (unpaired) electrons. The van der Waals surface area contributed by atoms with Crippen LogP contribution in [0.1, 0.15) is 24.8 Å². The molecule has 0 unspecified atom stereocenters. The first-order valence-electron chi connectivity index (χ1n) is 7.36. The monoisotopic (exact) mass is 326 g/mol. The molecule has 1 aliphatic heterocycles. The summed E-state index contributed by atoms with van der Waals surface area (Å²) in [4.78, 5) is 13.6. The van der Waals surface area contributed by atoms with E-state index in [1.54, 1.807) is 24.0 Å². The van der Waals surface area contributed by atoms with Crippen LogP contribution in [-0.4, -0.2) is 46.0 Å². The normalized spacial score (nSPS) is 15.9. The Kier molecular flexibility index (Phi) is 5.42. The fraction of sp³-hybridized carbons (Fsp3) is 0.533. The second kappa shape index (κ2) is 7.11. The highest BCUT2D eigenvalue weighted by molar-refractivity contribution is 7.89. The van der Waals surface area contributed by atoms with Crippen molar-refractivity contribution in [2.24, 2.45) is 0 Å². The molecule has 0 saturated carbocycles. The minimum atomic E-state index is -3.58. The molecule has 1 N–H and O–H groups in total. The Morgan fingerprint density at radius 2 is 2.09 bits per heavy atom. The molecule has 1 amide bonds. The van der Waals surface area contributed by atoms with Crippen LogP contribution in [0, 0.1) is 6.92 Å². The largest absolute Gasteiger partial charge is 0.497 e. The second-order valence-corrected chi connectivity index (χ2v) is 7.10. The SMILES string of the molecule is COc1ccc(S(=O)(=O)NCCN2CCCCC2=O)c(C)c1. The first-order chi connectivity index (χ1) is 10.4. The molecule has 1 aliphatic rings. The van der Waals surface area contributed by atoms with Crippen molar-refractivity contribution in [2.75, 3.05) is 26.7 Å². The van der Waals surface area contributed by atoms with Gasteiger partial charge in [-0.2, -0.15) is 0 Å². The molecule has 1 fully saturated rings. The van der Waals surface area contributed by atoms with Gasteiger partial charge in [-0.1, -0.05) is 0 Å². The highest BCUT2D eigenvalue weighted by Gasteiger charge is 2.20. The minimum absolute atomic E-state index is 0.103. The number of aryl methyl sites for hydroxylation is 1. The third kappa shape index (κ3) is 3.98. The number of benzene rings is 1. The van der Waals surface area contributed by atoms with E-state index in [-0.39, 0.29) is 17.3 Å². The lowest BCUT2D eigenvalue weighted by molar-refractivity contribution is -0.133. The fourth-order valence-corrected chi connectivity index (χ4v) is 3.79. The summed E-state index contributed by atoms with van der Waals surface area (Å²) in [5.41, 5.74) is 0.626. The van der Waals surface area contributed by atoms with Crippen LogP contribution in [0.3, 0.4) is 0 Å².